The van der Waals surface area contributed by atoms with Crippen molar-refractivity contribution in [3.05, 3.63) is 39.7 Å². The van der Waals surface area contributed by atoms with E-state index < -0.39 is 79.2 Å². The predicted molar refractivity (Wildman–Crippen MR) is 138 cm³/mol. The van der Waals surface area contributed by atoms with Crippen LogP contribution in [0.25, 0.3) is 22.3 Å². The van der Waals surface area contributed by atoms with E-state index in [0.717, 1.165) is 23.5 Å². The topological polar surface area (TPSA) is 271 Å². The molecule has 4 aromatic heterocycles. The van der Waals surface area contributed by atoms with E-state index in [0.29, 0.717) is 0 Å². The Balaban J connectivity index is 1.11. The molecule has 0 amide bonds. The number of hydrogen-bond donors (Lipinski definition) is 7. The molecule has 0 spiro atoms. The fourth-order valence-electron chi connectivity index (χ4n) is 5.33. The van der Waals surface area contributed by atoms with E-state index in [9.17, 15) is 29.8 Å². The summed E-state index contributed by atoms with van der Waals surface area (Å²) in [6.07, 6.45) is -8.55. The largest absolute Gasteiger partial charge is 0.394 e. The quantitative estimate of drug-likeness (QED) is 0.101. The normalized spacial score (nSPS) is 35.5. The monoisotopic (exact) mass is 629 g/mol. The average molecular weight is 629 g/mol. The second-order valence-corrected chi connectivity index (χ2v) is 12.6. The van der Waals surface area contributed by atoms with Crippen molar-refractivity contribution >= 4 is 46.8 Å². The molecule has 42 heavy (non-hydrogen) atoms. The summed E-state index contributed by atoms with van der Waals surface area (Å²) in [6.45, 7) is -5.06. The van der Waals surface area contributed by atoms with Gasteiger partial charge in [0, 0.05) is 0 Å². The van der Waals surface area contributed by atoms with Crippen LogP contribution in [0.4, 0.5) is 10.3 Å². The highest BCUT2D eigenvalue weighted by Crippen LogP contribution is 2.63. The van der Waals surface area contributed by atoms with Crippen molar-refractivity contribution in [1.29, 1.82) is 0 Å². The minimum atomic E-state index is -4.40. The zero-order valence-corrected chi connectivity index (χ0v) is 22.5. The van der Waals surface area contributed by atoms with Crippen LogP contribution in [0.1, 0.15) is 12.5 Å². The number of H-pyrrole nitrogens is 2. The predicted octanol–water partition coefficient (Wildman–Crippen LogP) is -2.95. The summed E-state index contributed by atoms with van der Waals surface area (Å²) in [5.74, 6) is -0.238. The number of rotatable bonds is 7. The Morgan fingerprint density at radius 2 is 1.81 bits per heavy atom. The van der Waals surface area contributed by atoms with Crippen LogP contribution in [0.2, 0.25) is 0 Å². The summed E-state index contributed by atoms with van der Waals surface area (Å²) in [6, 6.07) is 0. The molecule has 22 heteroatoms. The van der Waals surface area contributed by atoms with Gasteiger partial charge in [0.2, 0.25) is 5.95 Å². The maximum atomic E-state index is 15.5. The molecule has 6 heterocycles. The SMILES string of the molecule is Nc1nc2c(ncn2[C@@H]2O[C@H](CO)[C@@H](O)[C@H]2OP(O)(=S)OC2[C@H]3O[C@@H](n4cnc5c(=O)[nH]cnc54)[C@@H](F)[C@@]23O)c(=O)[nH]1. The van der Waals surface area contributed by atoms with Gasteiger partial charge in [-0.2, -0.15) is 4.98 Å². The zero-order valence-electron chi connectivity index (χ0n) is 20.8. The van der Waals surface area contributed by atoms with E-state index in [2.05, 4.69) is 29.9 Å². The van der Waals surface area contributed by atoms with Crippen LogP contribution in [0.5, 0.6) is 0 Å². The van der Waals surface area contributed by atoms with Crippen molar-refractivity contribution in [2.75, 3.05) is 12.3 Å². The van der Waals surface area contributed by atoms with E-state index in [-0.39, 0.29) is 28.3 Å². The third-order valence-electron chi connectivity index (χ3n) is 7.41. The van der Waals surface area contributed by atoms with Gasteiger partial charge in [-0.15, -0.1) is 0 Å². The molecule has 10 atom stereocenters. The number of ether oxygens (including phenoxy) is 2. The molecule has 1 aliphatic carbocycles. The highest BCUT2D eigenvalue weighted by molar-refractivity contribution is 8.07. The van der Waals surface area contributed by atoms with Crippen molar-refractivity contribution in [2.45, 2.75) is 54.7 Å². The van der Waals surface area contributed by atoms with E-state index in [1.165, 1.54) is 4.57 Å². The van der Waals surface area contributed by atoms with E-state index in [4.69, 9.17) is 36.1 Å². The number of hydrogen-bond acceptors (Lipinski definition) is 15. The Labute approximate surface area is 235 Å². The van der Waals surface area contributed by atoms with Crippen molar-refractivity contribution in [2.24, 2.45) is 0 Å². The first-order valence-corrected chi connectivity index (χ1v) is 14.8. The maximum absolute atomic E-state index is 15.5. The van der Waals surface area contributed by atoms with Crippen LogP contribution >= 0.6 is 6.72 Å². The summed E-state index contributed by atoms with van der Waals surface area (Å²) in [7, 11) is 0. The van der Waals surface area contributed by atoms with Crippen LogP contribution in [-0.4, -0.2) is 108 Å². The summed E-state index contributed by atoms with van der Waals surface area (Å²) in [4.78, 5) is 55.6. The van der Waals surface area contributed by atoms with Gasteiger partial charge in [-0.1, -0.05) is 0 Å². The minimum absolute atomic E-state index is 0.0225. The number of imidazole rings is 2. The van der Waals surface area contributed by atoms with Crippen LogP contribution < -0.4 is 16.9 Å². The molecule has 224 valence electrons. The first-order valence-electron chi connectivity index (χ1n) is 12.2. The number of nitrogens with zero attached hydrogens (tertiary/aromatic N) is 6. The third kappa shape index (κ3) is 3.97. The first-order chi connectivity index (χ1) is 19.9. The van der Waals surface area contributed by atoms with E-state index in [1.807, 2.05) is 0 Å². The number of anilines is 1. The minimum Gasteiger partial charge on any atom is -0.394 e. The molecule has 1 saturated carbocycles. The Morgan fingerprint density at radius 1 is 1.12 bits per heavy atom. The Hall–Kier alpha value is -3.24. The number of nitrogens with two attached hydrogens (primary N) is 1. The zero-order chi connectivity index (χ0) is 29.7. The molecule has 4 aromatic rings. The molecule has 19 nitrogen and oxygen atoms in total. The molecule has 0 radical (unpaired) electrons. The molecule has 3 aliphatic rings. The van der Waals surface area contributed by atoms with Crippen molar-refractivity contribution in [3.8, 4) is 0 Å². The summed E-state index contributed by atoms with van der Waals surface area (Å²) in [5, 5.41) is 31.5. The molecule has 2 aliphatic heterocycles. The van der Waals surface area contributed by atoms with Crippen LogP contribution in [-0.2, 0) is 30.3 Å². The Bertz CT molecular complexity index is 1880. The third-order valence-corrected chi connectivity index (χ3v) is 8.93. The Morgan fingerprint density at radius 3 is 2.48 bits per heavy atom. The fourth-order valence-corrected chi connectivity index (χ4v) is 7.06. The van der Waals surface area contributed by atoms with Gasteiger partial charge in [-0.05, 0) is 11.8 Å². The molecule has 7 rings (SSSR count). The maximum Gasteiger partial charge on any atom is 0.325 e. The molecule has 2 saturated heterocycles. The number of aromatic nitrogens is 8. The van der Waals surface area contributed by atoms with Crippen molar-refractivity contribution in [3.63, 3.8) is 0 Å². The second-order valence-electron chi connectivity index (χ2n) is 9.87. The number of nitrogen functional groups attached to an aromatic ring is 1. The number of nitrogens with one attached hydrogen (secondary N) is 2. The van der Waals surface area contributed by atoms with Crippen molar-refractivity contribution < 1.29 is 43.1 Å². The molecule has 0 bridgehead atoms. The highest BCUT2D eigenvalue weighted by atomic mass is 32.5. The van der Waals surface area contributed by atoms with Crippen LogP contribution in [0.15, 0.2) is 28.6 Å². The van der Waals surface area contributed by atoms with Gasteiger partial charge in [-0.3, -0.25) is 32.8 Å². The summed E-state index contributed by atoms with van der Waals surface area (Å²) < 4.78 is 40.2. The Kier molecular flexibility index (Phi) is 6.16. The molecule has 2 unspecified atom stereocenters. The van der Waals surface area contributed by atoms with Crippen LogP contribution in [0.3, 0.4) is 0 Å². The lowest BCUT2D eigenvalue weighted by Crippen LogP contribution is -2.36. The number of aliphatic hydroxyl groups excluding tert-OH is 2. The lowest BCUT2D eigenvalue weighted by Gasteiger charge is -2.27. The summed E-state index contributed by atoms with van der Waals surface area (Å²) >= 11 is 5.12. The standard InChI is InChI=1S/C20H21FN9O10PS/c21-10-18(29-3-25-6-13(29)23-2-24-15(6)33)38-11-12(20(10,11)35)40-41(36,42)39-9-8(32)5(1-31)37-17(9)30-4-26-7-14(30)27-19(22)28-16(7)34/h2-5,8-12,17-18,31-32,35H,1H2,(H,36,42)(H,23,24,33)(H3,22,27,28,34)/t5-,8-,9-,10-,11-,12?,17-,18-,20+,41?/m1/s1. The van der Waals surface area contributed by atoms with E-state index in [1.54, 1.807) is 0 Å². The summed E-state index contributed by atoms with van der Waals surface area (Å²) in [5.41, 5.74) is 1.98. The van der Waals surface area contributed by atoms with Gasteiger partial charge in [0.25, 0.3) is 11.1 Å². The molecular formula is C20H21FN9O10PS. The lowest BCUT2D eigenvalue weighted by atomic mass is 10.1. The number of alkyl halides is 1. The molecular weight excluding hydrogens is 608 g/mol. The fraction of sp³-hybridized carbons (Fsp3) is 0.500. The molecule has 3 fully saturated rings. The van der Waals surface area contributed by atoms with Gasteiger partial charge < -0.3 is 40.4 Å². The van der Waals surface area contributed by atoms with Gasteiger partial charge >= 0.3 is 6.72 Å². The van der Waals surface area contributed by atoms with E-state index >= 15 is 4.39 Å². The molecule has 8 N–H and O–H groups in total. The number of halogens is 1. The van der Waals surface area contributed by atoms with Crippen LogP contribution in [0, 0.1) is 0 Å². The second kappa shape index (κ2) is 9.38. The van der Waals surface area contributed by atoms with Crippen molar-refractivity contribution in [1.82, 2.24) is 39.0 Å². The average Bonchev–Trinajstić information content (AvgIpc) is 3.45. The smallest absolute Gasteiger partial charge is 0.325 e. The molecule has 0 aromatic carbocycles. The van der Waals surface area contributed by atoms with Gasteiger partial charge in [0.1, 0.15) is 30.5 Å². The van der Waals surface area contributed by atoms with Gasteiger partial charge in [0.15, 0.2) is 46.6 Å². The number of aliphatic hydroxyl groups is 3. The lowest BCUT2D eigenvalue weighted by molar-refractivity contribution is -0.0650. The number of aromatic amines is 2. The first kappa shape index (κ1) is 27.6. The number of fused-ring (bicyclic) bond motifs is 3. The highest BCUT2D eigenvalue weighted by Gasteiger charge is 2.80. The van der Waals surface area contributed by atoms with Gasteiger partial charge in [-0.25, -0.2) is 19.3 Å². The van der Waals surface area contributed by atoms with Gasteiger partial charge in [0.05, 0.1) is 25.6 Å².